The predicted molar refractivity (Wildman–Crippen MR) is 63.6 cm³/mol. The van der Waals surface area contributed by atoms with Crippen molar-refractivity contribution in [2.45, 2.75) is 18.2 Å². The van der Waals surface area contributed by atoms with Gasteiger partial charge in [-0.15, -0.1) is 0 Å². The zero-order chi connectivity index (χ0) is 16.0. The summed E-state index contributed by atoms with van der Waals surface area (Å²) in [7, 11) is 1.36. The molecule has 0 radical (unpaired) electrons. The van der Waals surface area contributed by atoms with Gasteiger partial charge in [-0.05, 0) is 18.2 Å². The number of alkyl halides is 5. The molecule has 1 atom stereocenters. The van der Waals surface area contributed by atoms with Gasteiger partial charge in [-0.1, -0.05) is 0 Å². The second-order valence-electron chi connectivity index (χ2n) is 4.56. The maximum Gasteiger partial charge on any atom is 0.427 e. The smallest absolute Gasteiger partial charge is 0.372 e. The van der Waals surface area contributed by atoms with E-state index in [1.807, 2.05) is 0 Å². The highest BCUT2D eigenvalue weighted by Gasteiger charge is 2.62. The standard InChI is InChI=1S/C13H9F5N2O/c1-20-6-9(12(21,11(14)15)13(16,17)18)8-4-7(5-19)2-3-10(8)20/h2-4,6,11,21H,1H3. The van der Waals surface area contributed by atoms with Crippen molar-refractivity contribution in [3.05, 3.63) is 35.5 Å². The molecule has 3 nitrogen and oxygen atoms in total. The lowest BCUT2D eigenvalue weighted by Crippen LogP contribution is -2.48. The van der Waals surface area contributed by atoms with Crippen molar-refractivity contribution in [2.75, 3.05) is 0 Å². The van der Waals surface area contributed by atoms with Crippen LogP contribution in [0.4, 0.5) is 22.0 Å². The third-order valence-electron chi connectivity index (χ3n) is 3.28. The van der Waals surface area contributed by atoms with Crippen molar-refractivity contribution < 1.29 is 27.1 Å². The molecule has 0 bridgehead atoms. The van der Waals surface area contributed by atoms with Crippen molar-refractivity contribution >= 4 is 10.9 Å². The minimum Gasteiger partial charge on any atom is -0.372 e. The van der Waals surface area contributed by atoms with E-state index in [2.05, 4.69) is 0 Å². The van der Waals surface area contributed by atoms with Gasteiger partial charge in [-0.25, -0.2) is 8.78 Å². The van der Waals surface area contributed by atoms with Crippen LogP contribution in [-0.2, 0) is 12.6 Å². The first kappa shape index (κ1) is 15.3. The Kier molecular flexibility index (Phi) is 3.41. The van der Waals surface area contributed by atoms with Crippen LogP contribution >= 0.6 is 0 Å². The van der Waals surface area contributed by atoms with Gasteiger partial charge in [0, 0.05) is 29.7 Å². The number of nitrogens with zero attached hydrogens (tertiary/aromatic N) is 2. The normalized spacial score (nSPS) is 15.2. The Morgan fingerprint density at radius 3 is 2.38 bits per heavy atom. The summed E-state index contributed by atoms with van der Waals surface area (Å²) in [6.07, 6.45) is -8.82. The summed E-state index contributed by atoms with van der Waals surface area (Å²) < 4.78 is 65.9. The number of hydrogen-bond acceptors (Lipinski definition) is 2. The van der Waals surface area contributed by atoms with E-state index in [-0.39, 0.29) is 16.5 Å². The van der Waals surface area contributed by atoms with E-state index in [1.54, 1.807) is 6.07 Å². The van der Waals surface area contributed by atoms with E-state index in [0.29, 0.717) is 0 Å². The van der Waals surface area contributed by atoms with E-state index in [9.17, 15) is 27.1 Å². The number of aryl methyl sites for hydroxylation is 1. The number of fused-ring (bicyclic) bond motifs is 1. The molecule has 0 aliphatic heterocycles. The number of aliphatic hydroxyl groups is 1. The molecule has 1 N–H and O–H groups in total. The molecule has 0 aliphatic rings. The van der Waals surface area contributed by atoms with E-state index in [4.69, 9.17) is 5.26 Å². The summed E-state index contributed by atoms with van der Waals surface area (Å²) in [5, 5.41) is 18.1. The first-order valence-electron chi connectivity index (χ1n) is 5.69. The van der Waals surface area contributed by atoms with Gasteiger partial charge < -0.3 is 9.67 Å². The number of nitriles is 1. The van der Waals surface area contributed by atoms with Crippen LogP contribution in [0, 0.1) is 11.3 Å². The molecule has 2 aromatic rings. The fraction of sp³-hybridized carbons (Fsp3) is 0.308. The molecule has 112 valence electrons. The number of aromatic nitrogens is 1. The lowest BCUT2D eigenvalue weighted by Gasteiger charge is -2.29. The van der Waals surface area contributed by atoms with Crippen LogP contribution in [0.5, 0.6) is 0 Å². The Balaban J connectivity index is 2.85. The van der Waals surface area contributed by atoms with Crippen molar-refractivity contribution in [2.24, 2.45) is 7.05 Å². The first-order chi connectivity index (χ1) is 9.62. The number of halogens is 5. The van der Waals surface area contributed by atoms with Gasteiger partial charge in [0.2, 0.25) is 5.60 Å². The van der Waals surface area contributed by atoms with Gasteiger partial charge in [0.25, 0.3) is 6.43 Å². The SMILES string of the molecule is Cn1cc(C(O)(C(F)F)C(F)(F)F)c2cc(C#N)ccc21. The maximum absolute atomic E-state index is 13.0. The zero-order valence-corrected chi connectivity index (χ0v) is 10.6. The largest absolute Gasteiger partial charge is 0.427 e. The molecule has 0 amide bonds. The molecule has 0 spiro atoms. The Labute approximate surface area is 115 Å². The second-order valence-corrected chi connectivity index (χ2v) is 4.56. The summed E-state index contributed by atoms with van der Waals surface area (Å²) >= 11 is 0. The Morgan fingerprint density at radius 1 is 1.29 bits per heavy atom. The second kappa shape index (κ2) is 4.70. The molecule has 1 unspecified atom stereocenters. The molecule has 2 rings (SSSR count). The van der Waals surface area contributed by atoms with Crippen LogP contribution in [0.15, 0.2) is 24.4 Å². The van der Waals surface area contributed by atoms with Gasteiger partial charge in [-0.2, -0.15) is 18.4 Å². The van der Waals surface area contributed by atoms with Gasteiger partial charge in [0.05, 0.1) is 11.6 Å². The van der Waals surface area contributed by atoms with Crippen LogP contribution in [0.25, 0.3) is 10.9 Å². The molecular formula is C13H9F5N2O. The van der Waals surface area contributed by atoms with Crippen LogP contribution in [0.3, 0.4) is 0 Å². The summed E-state index contributed by atoms with van der Waals surface area (Å²) in [5.41, 5.74) is -5.05. The first-order valence-corrected chi connectivity index (χ1v) is 5.69. The van der Waals surface area contributed by atoms with Crippen molar-refractivity contribution in [1.29, 1.82) is 5.26 Å². The van der Waals surface area contributed by atoms with Gasteiger partial charge in [-0.3, -0.25) is 0 Å². The van der Waals surface area contributed by atoms with Gasteiger partial charge >= 0.3 is 6.18 Å². The highest BCUT2D eigenvalue weighted by molar-refractivity contribution is 5.86. The molecular weight excluding hydrogens is 295 g/mol. The van der Waals surface area contributed by atoms with Crippen LogP contribution in [-0.4, -0.2) is 22.3 Å². The van der Waals surface area contributed by atoms with Gasteiger partial charge in [0.15, 0.2) is 0 Å². The fourth-order valence-electron chi connectivity index (χ4n) is 2.16. The highest BCUT2D eigenvalue weighted by atomic mass is 19.4. The minimum absolute atomic E-state index is 0.00809. The van der Waals surface area contributed by atoms with E-state index >= 15 is 0 Å². The molecule has 1 aromatic heterocycles. The highest BCUT2D eigenvalue weighted by Crippen LogP contribution is 2.46. The topological polar surface area (TPSA) is 49.0 Å². The number of benzene rings is 1. The predicted octanol–water partition coefficient (Wildman–Crippen LogP) is 3.06. The van der Waals surface area contributed by atoms with Gasteiger partial charge in [0.1, 0.15) is 0 Å². The Bertz CT molecular complexity index is 728. The van der Waals surface area contributed by atoms with E-state index in [0.717, 1.165) is 12.3 Å². The molecule has 1 heterocycles. The van der Waals surface area contributed by atoms with E-state index < -0.39 is 23.8 Å². The molecule has 8 heteroatoms. The van der Waals surface area contributed by atoms with Crippen LogP contribution in [0.1, 0.15) is 11.1 Å². The third-order valence-corrected chi connectivity index (χ3v) is 3.28. The number of hydrogen-bond donors (Lipinski definition) is 1. The van der Waals surface area contributed by atoms with E-state index in [1.165, 1.54) is 23.7 Å². The summed E-state index contributed by atoms with van der Waals surface area (Å²) in [6, 6.07) is 5.44. The van der Waals surface area contributed by atoms with Crippen LogP contribution in [0.2, 0.25) is 0 Å². The maximum atomic E-state index is 13.0. The molecule has 0 fully saturated rings. The lowest BCUT2D eigenvalue weighted by molar-refractivity contribution is -0.305. The lowest BCUT2D eigenvalue weighted by atomic mass is 9.92. The summed E-state index contributed by atoms with van der Waals surface area (Å²) in [5.74, 6) is 0. The van der Waals surface area contributed by atoms with Crippen molar-refractivity contribution in [1.82, 2.24) is 4.57 Å². The molecule has 0 aliphatic carbocycles. The number of rotatable bonds is 2. The summed E-state index contributed by atoms with van der Waals surface area (Å²) in [6.45, 7) is 0. The summed E-state index contributed by atoms with van der Waals surface area (Å²) in [4.78, 5) is 0. The third kappa shape index (κ3) is 2.14. The average molecular weight is 304 g/mol. The minimum atomic E-state index is -5.56. The quantitative estimate of drug-likeness (QED) is 0.867. The molecule has 0 saturated heterocycles. The Hall–Kier alpha value is -2.14. The zero-order valence-electron chi connectivity index (χ0n) is 10.6. The molecule has 0 saturated carbocycles. The fourth-order valence-corrected chi connectivity index (χ4v) is 2.16. The Morgan fingerprint density at radius 2 is 1.90 bits per heavy atom. The van der Waals surface area contributed by atoms with Crippen molar-refractivity contribution in [3.8, 4) is 6.07 Å². The van der Waals surface area contributed by atoms with Crippen LogP contribution < -0.4 is 0 Å². The molecule has 21 heavy (non-hydrogen) atoms. The average Bonchev–Trinajstić information content (AvgIpc) is 2.73. The molecule has 1 aromatic carbocycles. The monoisotopic (exact) mass is 304 g/mol. The van der Waals surface area contributed by atoms with Crippen molar-refractivity contribution in [3.63, 3.8) is 0 Å².